The zero-order chi connectivity index (χ0) is 17.6. The van der Waals surface area contributed by atoms with Crippen LogP contribution in [0.1, 0.15) is 49.7 Å². The van der Waals surface area contributed by atoms with E-state index in [-0.39, 0.29) is 18.5 Å². The standard InChI is InChI=1S/C16H21N3O5/c1-9-13(10(2)24-17-9)11-6-5-7-18(11)12(20)8-19-14(21)16(3,4)23-15(19)22/h11H,5-8H2,1-4H3/t11-/m1/s1. The predicted molar refractivity (Wildman–Crippen MR) is 81.9 cm³/mol. The van der Waals surface area contributed by atoms with Crippen LogP contribution >= 0.6 is 0 Å². The van der Waals surface area contributed by atoms with Crippen LogP contribution in [0.2, 0.25) is 0 Å². The molecule has 24 heavy (non-hydrogen) atoms. The first-order chi connectivity index (χ1) is 11.2. The van der Waals surface area contributed by atoms with Crippen LogP contribution in [-0.4, -0.2) is 51.6 Å². The quantitative estimate of drug-likeness (QED) is 0.835. The first kappa shape index (κ1) is 16.5. The molecule has 0 spiro atoms. The lowest BCUT2D eigenvalue weighted by Gasteiger charge is -2.26. The van der Waals surface area contributed by atoms with Crippen molar-refractivity contribution < 1.29 is 23.6 Å². The lowest BCUT2D eigenvalue weighted by atomic mass is 10.0. The molecule has 1 aromatic heterocycles. The predicted octanol–water partition coefficient (Wildman–Crippen LogP) is 1.71. The molecular weight excluding hydrogens is 314 g/mol. The van der Waals surface area contributed by atoms with Crippen LogP contribution in [0, 0.1) is 13.8 Å². The SMILES string of the molecule is Cc1noc(C)c1[C@H]1CCCN1C(=O)CN1C(=O)OC(C)(C)C1=O. The molecule has 130 valence electrons. The maximum absolute atomic E-state index is 12.7. The molecule has 2 fully saturated rings. The molecular formula is C16H21N3O5. The topological polar surface area (TPSA) is 93.0 Å². The van der Waals surface area contributed by atoms with E-state index in [1.54, 1.807) is 4.90 Å². The summed E-state index contributed by atoms with van der Waals surface area (Å²) in [6.45, 7) is 6.96. The summed E-state index contributed by atoms with van der Waals surface area (Å²) in [4.78, 5) is 39.3. The number of rotatable bonds is 3. The molecule has 0 saturated carbocycles. The lowest BCUT2D eigenvalue weighted by molar-refractivity contribution is -0.140. The fraction of sp³-hybridized carbons (Fsp3) is 0.625. The van der Waals surface area contributed by atoms with Gasteiger partial charge in [-0.3, -0.25) is 9.59 Å². The van der Waals surface area contributed by atoms with Crippen LogP contribution in [0.15, 0.2) is 4.52 Å². The van der Waals surface area contributed by atoms with E-state index in [4.69, 9.17) is 9.26 Å². The van der Waals surface area contributed by atoms with Crippen molar-refractivity contribution in [3.05, 3.63) is 17.0 Å². The van der Waals surface area contributed by atoms with E-state index < -0.39 is 17.6 Å². The van der Waals surface area contributed by atoms with Crippen molar-refractivity contribution in [1.29, 1.82) is 0 Å². The zero-order valence-electron chi connectivity index (χ0n) is 14.3. The first-order valence-corrected chi connectivity index (χ1v) is 7.99. The number of aromatic nitrogens is 1. The number of imide groups is 1. The van der Waals surface area contributed by atoms with Gasteiger partial charge in [-0.05, 0) is 40.5 Å². The van der Waals surface area contributed by atoms with Gasteiger partial charge in [0.15, 0.2) is 5.60 Å². The van der Waals surface area contributed by atoms with Crippen LogP contribution in [0.3, 0.4) is 0 Å². The number of likely N-dealkylation sites (tertiary alicyclic amines) is 1. The highest BCUT2D eigenvalue weighted by molar-refractivity contribution is 6.04. The molecule has 1 aromatic rings. The number of carbonyl (C=O) groups excluding carboxylic acids is 3. The highest BCUT2D eigenvalue weighted by Gasteiger charge is 2.48. The summed E-state index contributed by atoms with van der Waals surface area (Å²) < 4.78 is 10.2. The zero-order valence-corrected chi connectivity index (χ0v) is 14.3. The Hall–Kier alpha value is -2.38. The number of hydrogen-bond acceptors (Lipinski definition) is 6. The van der Waals surface area contributed by atoms with Crippen LogP contribution in [0.4, 0.5) is 4.79 Å². The van der Waals surface area contributed by atoms with Gasteiger partial charge in [0.1, 0.15) is 12.3 Å². The number of ether oxygens (including phenoxy) is 1. The molecule has 2 aliphatic heterocycles. The van der Waals surface area contributed by atoms with Gasteiger partial charge in [0.05, 0.1) is 11.7 Å². The Morgan fingerprint density at radius 1 is 1.33 bits per heavy atom. The summed E-state index contributed by atoms with van der Waals surface area (Å²) >= 11 is 0. The van der Waals surface area contributed by atoms with Gasteiger partial charge in [0.25, 0.3) is 5.91 Å². The maximum Gasteiger partial charge on any atom is 0.418 e. The van der Waals surface area contributed by atoms with Crippen molar-refractivity contribution in [2.45, 2.75) is 52.2 Å². The Labute approximate surface area is 139 Å². The molecule has 0 aliphatic carbocycles. The van der Waals surface area contributed by atoms with Crippen molar-refractivity contribution in [2.24, 2.45) is 0 Å². The van der Waals surface area contributed by atoms with E-state index >= 15 is 0 Å². The molecule has 8 nitrogen and oxygen atoms in total. The number of amides is 3. The Balaban J connectivity index is 1.78. The minimum atomic E-state index is -1.22. The van der Waals surface area contributed by atoms with Gasteiger partial charge in [-0.25, -0.2) is 9.69 Å². The second-order valence-corrected chi connectivity index (χ2v) is 6.75. The Morgan fingerprint density at radius 2 is 2.04 bits per heavy atom. The molecule has 0 radical (unpaired) electrons. The van der Waals surface area contributed by atoms with E-state index in [0.717, 1.165) is 29.0 Å². The highest BCUT2D eigenvalue weighted by atomic mass is 16.6. The molecule has 1 atom stereocenters. The van der Waals surface area contributed by atoms with Crippen LogP contribution in [0.25, 0.3) is 0 Å². The summed E-state index contributed by atoms with van der Waals surface area (Å²) in [5.74, 6) is -0.0792. The maximum atomic E-state index is 12.7. The molecule has 0 unspecified atom stereocenters. The van der Waals surface area contributed by atoms with E-state index in [1.807, 2.05) is 13.8 Å². The molecule has 2 saturated heterocycles. The second-order valence-electron chi connectivity index (χ2n) is 6.75. The van der Waals surface area contributed by atoms with Gasteiger partial charge < -0.3 is 14.2 Å². The van der Waals surface area contributed by atoms with Gasteiger partial charge in [-0.2, -0.15) is 0 Å². The summed E-state index contributed by atoms with van der Waals surface area (Å²) in [6.07, 6.45) is 0.884. The van der Waals surface area contributed by atoms with Gasteiger partial charge in [0, 0.05) is 12.1 Å². The Morgan fingerprint density at radius 3 is 2.58 bits per heavy atom. The van der Waals surface area contributed by atoms with E-state index in [9.17, 15) is 14.4 Å². The third-order valence-electron chi connectivity index (χ3n) is 4.61. The number of aryl methyl sites for hydroxylation is 2. The van der Waals surface area contributed by atoms with Gasteiger partial charge >= 0.3 is 6.09 Å². The third-order valence-corrected chi connectivity index (χ3v) is 4.61. The van der Waals surface area contributed by atoms with E-state index in [0.29, 0.717) is 12.3 Å². The highest BCUT2D eigenvalue weighted by Crippen LogP contribution is 2.36. The van der Waals surface area contributed by atoms with Crippen molar-refractivity contribution in [1.82, 2.24) is 15.0 Å². The van der Waals surface area contributed by atoms with Crippen molar-refractivity contribution in [3.8, 4) is 0 Å². The summed E-state index contributed by atoms with van der Waals surface area (Å²) in [6, 6.07) is -0.134. The fourth-order valence-corrected chi connectivity index (χ4v) is 3.42. The van der Waals surface area contributed by atoms with Crippen molar-refractivity contribution >= 4 is 17.9 Å². The van der Waals surface area contributed by atoms with Crippen molar-refractivity contribution in [3.63, 3.8) is 0 Å². The van der Waals surface area contributed by atoms with Crippen LogP contribution in [0.5, 0.6) is 0 Å². The van der Waals surface area contributed by atoms with Gasteiger partial charge in [-0.15, -0.1) is 0 Å². The molecule has 0 aromatic carbocycles. The molecule has 0 N–H and O–H groups in total. The smallest absolute Gasteiger partial charge is 0.418 e. The summed E-state index contributed by atoms with van der Waals surface area (Å²) in [7, 11) is 0. The fourth-order valence-electron chi connectivity index (χ4n) is 3.42. The van der Waals surface area contributed by atoms with Crippen LogP contribution < -0.4 is 0 Å². The van der Waals surface area contributed by atoms with Crippen LogP contribution in [-0.2, 0) is 14.3 Å². The minimum absolute atomic E-state index is 0.134. The summed E-state index contributed by atoms with van der Waals surface area (Å²) in [5, 5.41) is 3.95. The average Bonchev–Trinajstić information content (AvgIpc) is 3.13. The monoisotopic (exact) mass is 335 g/mol. The molecule has 8 heteroatoms. The van der Waals surface area contributed by atoms with Crippen molar-refractivity contribution in [2.75, 3.05) is 13.1 Å². The van der Waals surface area contributed by atoms with E-state index in [1.165, 1.54) is 13.8 Å². The third kappa shape index (κ3) is 2.55. The lowest BCUT2D eigenvalue weighted by Crippen LogP contribution is -2.44. The molecule has 0 bridgehead atoms. The number of carbonyl (C=O) groups is 3. The van der Waals surface area contributed by atoms with E-state index in [2.05, 4.69) is 5.16 Å². The molecule has 3 heterocycles. The normalized spacial score (nSPS) is 23.1. The molecule has 2 aliphatic rings. The minimum Gasteiger partial charge on any atom is -0.433 e. The molecule has 3 rings (SSSR count). The van der Waals surface area contributed by atoms with Gasteiger partial charge in [0.2, 0.25) is 5.91 Å². The largest absolute Gasteiger partial charge is 0.433 e. The first-order valence-electron chi connectivity index (χ1n) is 7.99. The average molecular weight is 335 g/mol. The number of cyclic esters (lactones) is 1. The molecule has 3 amide bonds. The van der Waals surface area contributed by atoms with Gasteiger partial charge in [-0.1, -0.05) is 5.16 Å². The second kappa shape index (κ2) is 5.61. The Kier molecular flexibility index (Phi) is 3.85. The number of nitrogens with zero attached hydrogens (tertiary/aromatic N) is 3. The summed E-state index contributed by atoms with van der Waals surface area (Å²) in [5.41, 5.74) is 0.454. The Bertz CT molecular complexity index is 689. The number of hydrogen-bond donors (Lipinski definition) is 0.